The molecule has 3 aromatic rings. The van der Waals surface area contributed by atoms with Crippen molar-refractivity contribution >= 4 is 27.7 Å². The molecule has 29 heavy (non-hydrogen) atoms. The van der Waals surface area contributed by atoms with E-state index in [2.05, 4.69) is 15.0 Å². The number of benzene rings is 2. The number of oxazole rings is 1. The van der Waals surface area contributed by atoms with Gasteiger partial charge < -0.3 is 9.73 Å². The number of aryl methyl sites for hydroxylation is 1. The Labute approximate surface area is 169 Å². The van der Waals surface area contributed by atoms with Crippen LogP contribution in [-0.4, -0.2) is 25.9 Å². The Morgan fingerprint density at radius 2 is 1.93 bits per heavy atom. The maximum atomic E-state index is 12.1. The number of sulfonamides is 1. The van der Waals surface area contributed by atoms with Crippen LogP contribution in [0.3, 0.4) is 0 Å². The van der Waals surface area contributed by atoms with Crippen molar-refractivity contribution in [2.24, 2.45) is 0 Å². The number of nitrogens with zero attached hydrogens (tertiary/aromatic N) is 1. The van der Waals surface area contributed by atoms with Crippen LogP contribution in [0.2, 0.25) is 0 Å². The molecule has 8 heteroatoms. The summed E-state index contributed by atoms with van der Waals surface area (Å²) >= 11 is 0. The third kappa shape index (κ3) is 6.41. The fourth-order valence-corrected chi connectivity index (χ4v) is 3.35. The van der Waals surface area contributed by atoms with Crippen LogP contribution in [0, 0.1) is 6.92 Å². The highest BCUT2D eigenvalue weighted by atomic mass is 32.2. The summed E-state index contributed by atoms with van der Waals surface area (Å²) in [6.07, 6.45) is 3.05. The monoisotopic (exact) mass is 411 g/mol. The first-order chi connectivity index (χ1) is 13.9. The van der Waals surface area contributed by atoms with Gasteiger partial charge in [0.15, 0.2) is 0 Å². The van der Waals surface area contributed by atoms with E-state index in [0.717, 1.165) is 22.2 Å². The van der Waals surface area contributed by atoms with E-state index in [1.54, 1.807) is 36.6 Å². The van der Waals surface area contributed by atoms with Gasteiger partial charge in [-0.2, -0.15) is 0 Å². The van der Waals surface area contributed by atoms with Crippen molar-refractivity contribution in [2.75, 3.05) is 11.9 Å². The van der Waals surface area contributed by atoms with Gasteiger partial charge in [-0.1, -0.05) is 36.4 Å². The maximum Gasteiger partial charge on any atom is 0.233 e. The molecule has 0 saturated carbocycles. The summed E-state index contributed by atoms with van der Waals surface area (Å²) < 4.78 is 31.7. The smallest absolute Gasteiger partial charge is 0.233 e. The standard InChI is InChI=1S/C21H21N3O4S/c1-16-15-28-21(23-16)18-8-5-9-19(14-18)24-20(25)10-12-22-29(26,27)13-11-17-6-3-2-4-7-17/h2-9,11,13-15,22H,10,12H2,1H3,(H,24,25)/b13-11+. The first-order valence-corrected chi connectivity index (χ1v) is 10.5. The van der Waals surface area contributed by atoms with Crippen molar-refractivity contribution in [1.82, 2.24) is 9.71 Å². The predicted octanol–water partition coefficient (Wildman–Crippen LogP) is 3.57. The molecule has 0 aliphatic rings. The number of aromatic nitrogens is 1. The van der Waals surface area contributed by atoms with E-state index in [4.69, 9.17) is 4.42 Å². The lowest BCUT2D eigenvalue weighted by Crippen LogP contribution is -2.26. The molecular formula is C21H21N3O4S. The lowest BCUT2D eigenvalue weighted by atomic mass is 10.2. The average Bonchev–Trinajstić information content (AvgIpc) is 3.14. The molecule has 7 nitrogen and oxygen atoms in total. The second-order valence-corrected chi connectivity index (χ2v) is 7.98. The van der Waals surface area contributed by atoms with Crippen LogP contribution in [0.5, 0.6) is 0 Å². The second-order valence-electron chi connectivity index (χ2n) is 6.33. The second kappa shape index (κ2) is 9.31. The van der Waals surface area contributed by atoms with Crippen LogP contribution in [0.1, 0.15) is 17.7 Å². The molecule has 0 spiro atoms. The van der Waals surface area contributed by atoms with Crippen molar-refractivity contribution in [3.63, 3.8) is 0 Å². The molecule has 0 aliphatic heterocycles. The number of hydrogen-bond donors (Lipinski definition) is 2. The number of anilines is 1. The maximum absolute atomic E-state index is 12.1. The van der Waals surface area contributed by atoms with Crippen molar-refractivity contribution in [3.05, 3.63) is 77.5 Å². The third-order valence-corrected chi connectivity index (χ3v) is 5.01. The van der Waals surface area contributed by atoms with Gasteiger partial charge in [-0.05, 0) is 36.8 Å². The average molecular weight is 411 g/mol. The minimum absolute atomic E-state index is 0.000739. The van der Waals surface area contributed by atoms with E-state index in [9.17, 15) is 13.2 Å². The van der Waals surface area contributed by atoms with E-state index in [0.29, 0.717) is 11.6 Å². The van der Waals surface area contributed by atoms with Gasteiger partial charge in [0.1, 0.15) is 6.26 Å². The molecule has 0 aliphatic carbocycles. The van der Waals surface area contributed by atoms with Crippen LogP contribution in [0.4, 0.5) is 5.69 Å². The van der Waals surface area contributed by atoms with Gasteiger partial charge in [-0.15, -0.1) is 0 Å². The summed E-state index contributed by atoms with van der Waals surface area (Å²) in [5.41, 5.74) is 2.86. The zero-order valence-electron chi connectivity index (χ0n) is 15.8. The molecule has 1 heterocycles. The SMILES string of the molecule is Cc1coc(-c2cccc(NC(=O)CCNS(=O)(=O)/C=C/c3ccccc3)c2)n1. The van der Waals surface area contributed by atoms with Gasteiger partial charge in [0, 0.05) is 29.6 Å². The van der Waals surface area contributed by atoms with Gasteiger partial charge >= 0.3 is 0 Å². The molecule has 2 N–H and O–H groups in total. The Hall–Kier alpha value is -3.23. The van der Waals surface area contributed by atoms with E-state index in [-0.39, 0.29) is 18.9 Å². The number of nitrogens with one attached hydrogen (secondary N) is 2. The Morgan fingerprint density at radius 3 is 2.66 bits per heavy atom. The van der Waals surface area contributed by atoms with Crippen LogP contribution in [0.25, 0.3) is 17.5 Å². The molecular weight excluding hydrogens is 390 g/mol. The molecule has 150 valence electrons. The molecule has 0 unspecified atom stereocenters. The number of rotatable bonds is 8. The quantitative estimate of drug-likeness (QED) is 0.590. The number of amides is 1. The van der Waals surface area contributed by atoms with Gasteiger partial charge in [0.2, 0.25) is 21.8 Å². The van der Waals surface area contributed by atoms with Crippen molar-refractivity contribution in [3.8, 4) is 11.5 Å². The van der Waals surface area contributed by atoms with Gasteiger partial charge in [-0.25, -0.2) is 18.1 Å². The normalized spacial score (nSPS) is 11.6. The minimum atomic E-state index is -3.62. The Balaban J connectivity index is 1.50. The third-order valence-electron chi connectivity index (χ3n) is 3.91. The van der Waals surface area contributed by atoms with E-state index in [1.807, 2.05) is 31.2 Å². The van der Waals surface area contributed by atoms with E-state index in [1.165, 1.54) is 6.08 Å². The van der Waals surface area contributed by atoms with Gasteiger partial charge in [0.25, 0.3) is 0 Å². The Kier molecular flexibility index (Phi) is 6.58. The summed E-state index contributed by atoms with van der Waals surface area (Å²) in [5.74, 6) is 0.164. The van der Waals surface area contributed by atoms with Gasteiger partial charge in [-0.3, -0.25) is 4.79 Å². The molecule has 0 saturated heterocycles. The zero-order chi connectivity index (χ0) is 20.7. The molecule has 2 aromatic carbocycles. The zero-order valence-corrected chi connectivity index (χ0v) is 16.6. The van der Waals surface area contributed by atoms with Crippen LogP contribution in [-0.2, 0) is 14.8 Å². The first-order valence-electron chi connectivity index (χ1n) is 8.96. The summed E-state index contributed by atoms with van der Waals surface area (Å²) in [5, 5.41) is 3.83. The topological polar surface area (TPSA) is 101 Å². The summed E-state index contributed by atoms with van der Waals surface area (Å²) in [6, 6.07) is 16.2. The highest BCUT2D eigenvalue weighted by Crippen LogP contribution is 2.22. The molecule has 0 bridgehead atoms. The van der Waals surface area contributed by atoms with Crippen LogP contribution >= 0.6 is 0 Å². The number of carbonyl (C=O) groups is 1. The molecule has 1 amide bonds. The predicted molar refractivity (Wildman–Crippen MR) is 112 cm³/mol. The number of carbonyl (C=O) groups excluding carboxylic acids is 1. The molecule has 0 fully saturated rings. The molecule has 3 rings (SSSR count). The number of hydrogen-bond acceptors (Lipinski definition) is 5. The van der Waals surface area contributed by atoms with Crippen LogP contribution < -0.4 is 10.0 Å². The van der Waals surface area contributed by atoms with Crippen molar-refractivity contribution in [2.45, 2.75) is 13.3 Å². The highest BCUT2D eigenvalue weighted by molar-refractivity contribution is 7.92. The molecule has 0 atom stereocenters. The molecule has 0 radical (unpaired) electrons. The fraction of sp³-hybridized carbons (Fsp3) is 0.143. The van der Waals surface area contributed by atoms with Gasteiger partial charge in [0.05, 0.1) is 5.69 Å². The van der Waals surface area contributed by atoms with E-state index < -0.39 is 10.0 Å². The molecule has 1 aromatic heterocycles. The van der Waals surface area contributed by atoms with Crippen LogP contribution in [0.15, 0.2) is 70.7 Å². The summed E-state index contributed by atoms with van der Waals surface area (Å²) in [7, 11) is -3.62. The lowest BCUT2D eigenvalue weighted by Gasteiger charge is -2.07. The Bertz CT molecular complexity index is 1110. The minimum Gasteiger partial charge on any atom is -0.444 e. The highest BCUT2D eigenvalue weighted by Gasteiger charge is 2.09. The van der Waals surface area contributed by atoms with Crippen molar-refractivity contribution < 1.29 is 17.6 Å². The van der Waals surface area contributed by atoms with E-state index >= 15 is 0 Å². The first kappa shape index (κ1) is 20.5. The largest absolute Gasteiger partial charge is 0.444 e. The lowest BCUT2D eigenvalue weighted by molar-refractivity contribution is -0.116. The van der Waals surface area contributed by atoms with Crippen molar-refractivity contribution in [1.29, 1.82) is 0 Å². The summed E-state index contributed by atoms with van der Waals surface area (Å²) in [6.45, 7) is 1.82. The Morgan fingerprint density at radius 1 is 1.14 bits per heavy atom. The summed E-state index contributed by atoms with van der Waals surface area (Å²) in [4.78, 5) is 16.4. The fourth-order valence-electron chi connectivity index (χ4n) is 2.53.